The molecule has 3 atom stereocenters. The van der Waals surface area contributed by atoms with Gasteiger partial charge in [-0.05, 0) is 12.8 Å². The van der Waals surface area contributed by atoms with Crippen molar-refractivity contribution < 1.29 is 14.3 Å². The number of piperidine rings is 1. The second-order valence-corrected chi connectivity index (χ2v) is 4.83. The van der Waals surface area contributed by atoms with E-state index in [1.807, 2.05) is 0 Å². The molecule has 2 amide bonds. The fourth-order valence-corrected chi connectivity index (χ4v) is 2.47. The third kappa shape index (κ3) is 2.58. The van der Waals surface area contributed by atoms with Crippen LogP contribution >= 0.6 is 0 Å². The van der Waals surface area contributed by atoms with Crippen LogP contribution in [0, 0.1) is 11.8 Å². The molecule has 96 valence electrons. The third-order valence-corrected chi connectivity index (χ3v) is 3.58. The van der Waals surface area contributed by atoms with Crippen molar-refractivity contribution >= 4 is 11.8 Å². The summed E-state index contributed by atoms with van der Waals surface area (Å²) in [4.78, 5) is 25.0. The van der Waals surface area contributed by atoms with Gasteiger partial charge >= 0.3 is 0 Å². The number of ether oxygens (including phenoxy) is 1. The van der Waals surface area contributed by atoms with Crippen molar-refractivity contribution in [1.82, 2.24) is 4.90 Å². The summed E-state index contributed by atoms with van der Waals surface area (Å²) in [6.45, 7) is 1.93. The number of nitrogens with zero attached hydrogens (tertiary/aromatic N) is 1. The molecular formula is C11H19N3O3. The summed E-state index contributed by atoms with van der Waals surface area (Å²) in [6.07, 6.45) is 1.59. The van der Waals surface area contributed by atoms with Crippen LogP contribution in [-0.4, -0.2) is 49.1 Å². The second kappa shape index (κ2) is 5.01. The molecule has 0 aromatic heterocycles. The Hall–Kier alpha value is -1.14. The SMILES string of the molecule is NC(=O)C1CCCN(C(=O)C2COCC2N)C1. The fourth-order valence-electron chi connectivity index (χ4n) is 2.47. The van der Waals surface area contributed by atoms with E-state index in [0.29, 0.717) is 26.3 Å². The van der Waals surface area contributed by atoms with Crippen molar-refractivity contribution in [3.8, 4) is 0 Å². The van der Waals surface area contributed by atoms with E-state index in [1.165, 1.54) is 0 Å². The molecule has 2 saturated heterocycles. The first-order valence-corrected chi connectivity index (χ1v) is 6.01. The number of carbonyl (C=O) groups is 2. The van der Waals surface area contributed by atoms with Gasteiger partial charge in [0.05, 0.1) is 25.0 Å². The maximum Gasteiger partial charge on any atom is 0.229 e. The summed E-state index contributed by atoms with van der Waals surface area (Å²) in [7, 11) is 0. The van der Waals surface area contributed by atoms with Gasteiger partial charge in [0.15, 0.2) is 0 Å². The number of nitrogens with two attached hydrogens (primary N) is 2. The molecule has 2 rings (SSSR count). The van der Waals surface area contributed by atoms with Gasteiger partial charge in [-0.3, -0.25) is 9.59 Å². The van der Waals surface area contributed by atoms with Gasteiger partial charge in [-0.15, -0.1) is 0 Å². The highest BCUT2D eigenvalue weighted by Crippen LogP contribution is 2.21. The molecule has 6 heteroatoms. The van der Waals surface area contributed by atoms with Crippen LogP contribution in [0.15, 0.2) is 0 Å². The summed E-state index contributed by atoms with van der Waals surface area (Å²) in [5.41, 5.74) is 11.1. The van der Waals surface area contributed by atoms with Crippen molar-refractivity contribution in [1.29, 1.82) is 0 Å². The Morgan fingerprint density at radius 2 is 2.06 bits per heavy atom. The van der Waals surface area contributed by atoms with Gasteiger partial charge < -0.3 is 21.1 Å². The highest BCUT2D eigenvalue weighted by Gasteiger charge is 2.36. The van der Waals surface area contributed by atoms with Crippen molar-refractivity contribution in [3.63, 3.8) is 0 Å². The van der Waals surface area contributed by atoms with Gasteiger partial charge in [0.25, 0.3) is 0 Å². The number of hydrogen-bond acceptors (Lipinski definition) is 4. The van der Waals surface area contributed by atoms with E-state index < -0.39 is 0 Å². The Kier molecular flexibility index (Phi) is 3.63. The zero-order chi connectivity index (χ0) is 12.4. The molecule has 2 heterocycles. The first-order valence-electron chi connectivity index (χ1n) is 6.01. The van der Waals surface area contributed by atoms with E-state index in [-0.39, 0.29) is 29.7 Å². The van der Waals surface area contributed by atoms with Crippen LogP contribution in [0.1, 0.15) is 12.8 Å². The van der Waals surface area contributed by atoms with Crippen LogP contribution in [-0.2, 0) is 14.3 Å². The van der Waals surface area contributed by atoms with Gasteiger partial charge in [0.2, 0.25) is 11.8 Å². The summed E-state index contributed by atoms with van der Waals surface area (Å²) >= 11 is 0. The first kappa shape index (κ1) is 12.3. The normalized spacial score (nSPS) is 33.7. The zero-order valence-electron chi connectivity index (χ0n) is 9.80. The van der Waals surface area contributed by atoms with Crippen LogP contribution in [0.5, 0.6) is 0 Å². The Bertz CT molecular complexity index is 321. The van der Waals surface area contributed by atoms with E-state index in [0.717, 1.165) is 12.8 Å². The van der Waals surface area contributed by atoms with E-state index in [4.69, 9.17) is 16.2 Å². The monoisotopic (exact) mass is 241 g/mol. The molecule has 0 bridgehead atoms. The van der Waals surface area contributed by atoms with Crippen molar-refractivity contribution in [2.24, 2.45) is 23.3 Å². The minimum Gasteiger partial charge on any atom is -0.379 e. The highest BCUT2D eigenvalue weighted by molar-refractivity contribution is 5.82. The quantitative estimate of drug-likeness (QED) is 0.626. The molecule has 3 unspecified atom stereocenters. The molecule has 0 aliphatic carbocycles. The Morgan fingerprint density at radius 3 is 2.65 bits per heavy atom. The topological polar surface area (TPSA) is 98.7 Å². The van der Waals surface area contributed by atoms with Gasteiger partial charge in [0.1, 0.15) is 0 Å². The maximum absolute atomic E-state index is 12.2. The van der Waals surface area contributed by atoms with Crippen molar-refractivity contribution in [2.45, 2.75) is 18.9 Å². The molecule has 0 aromatic carbocycles. The molecular weight excluding hydrogens is 222 g/mol. The predicted molar refractivity (Wildman–Crippen MR) is 60.8 cm³/mol. The summed E-state index contributed by atoms with van der Waals surface area (Å²) in [5.74, 6) is -0.803. The number of primary amides is 1. The lowest BCUT2D eigenvalue weighted by molar-refractivity contribution is -0.139. The molecule has 2 aliphatic rings. The molecule has 17 heavy (non-hydrogen) atoms. The molecule has 0 spiro atoms. The largest absolute Gasteiger partial charge is 0.379 e. The van der Waals surface area contributed by atoms with Crippen LogP contribution in [0.2, 0.25) is 0 Å². The van der Waals surface area contributed by atoms with Crippen molar-refractivity contribution in [3.05, 3.63) is 0 Å². The third-order valence-electron chi connectivity index (χ3n) is 3.58. The minimum absolute atomic E-state index is 0.000880. The molecule has 0 radical (unpaired) electrons. The van der Waals surface area contributed by atoms with E-state index >= 15 is 0 Å². The highest BCUT2D eigenvalue weighted by atomic mass is 16.5. The minimum atomic E-state index is -0.325. The number of likely N-dealkylation sites (tertiary alicyclic amines) is 1. The van der Waals surface area contributed by atoms with Crippen LogP contribution in [0.3, 0.4) is 0 Å². The Balaban J connectivity index is 1.97. The Labute approximate surface area is 100 Å². The average Bonchev–Trinajstić information content (AvgIpc) is 2.74. The molecule has 4 N–H and O–H groups in total. The zero-order valence-corrected chi connectivity index (χ0v) is 9.80. The van der Waals surface area contributed by atoms with E-state index in [2.05, 4.69) is 0 Å². The van der Waals surface area contributed by atoms with Crippen LogP contribution < -0.4 is 11.5 Å². The Morgan fingerprint density at radius 1 is 1.29 bits per heavy atom. The maximum atomic E-state index is 12.2. The van der Waals surface area contributed by atoms with Gasteiger partial charge in [-0.25, -0.2) is 0 Å². The fraction of sp³-hybridized carbons (Fsp3) is 0.818. The molecule has 0 saturated carbocycles. The van der Waals surface area contributed by atoms with Crippen LogP contribution in [0.25, 0.3) is 0 Å². The lowest BCUT2D eigenvalue weighted by Crippen LogP contribution is -2.49. The van der Waals surface area contributed by atoms with Crippen molar-refractivity contribution in [2.75, 3.05) is 26.3 Å². The first-order chi connectivity index (χ1) is 8.09. The second-order valence-electron chi connectivity index (χ2n) is 4.83. The summed E-state index contributed by atoms with van der Waals surface area (Å²) in [5, 5.41) is 0. The average molecular weight is 241 g/mol. The standard InChI is InChI=1S/C11H19N3O3/c12-9-6-17-5-8(9)11(16)14-3-1-2-7(4-14)10(13)15/h7-9H,1-6,12H2,(H2,13,15). The smallest absolute Gasteiger partial charge is 0.229 e. The van der Waals surface area contributed by atoms with Gasteiger partial charge in [-0.1, -0.05) is 0 Å². The molecule has 2 fully saturated rings. The number of amides is 2. The molecule has 6 nitrogen and oxygen atoms in total. The molecule has 0 aromatic rings. The summed E-state index contributed by atoms with van der Waals surface area (Å²) < 4.78 is 5.19. The number of hydrogen-bond donors (Lipinski definition) is 2. The lowest BCUT2D eigenvalue weighted by atomic mass is 9.95. The lowest BCUT2D eigenvalue weighted by Gasteiger charge is -2.33. The van der Waals surface area contributed by atoms with Gasteiger partial charge in [0, 0.05) is 19.1 Å². The number of rotatable bonds is 2. The van der Waals surface area contributed by atoms with E-state index in [1.54, 1.807) is 4.90 Å². The van der Waals surface area contributed by atoms with Gasteiger partial charge in [-0.2, -0.15) is 0 Å². The van der Waals surface area contributed by atoms with Crippen LogP contribution in [0.4, 0.5) is 0 Å². The predicted octanol–water partition coefficient (Wildman–Crippen LogP) is -1.32. The molecule has 2 aliphatic heterocycles. The number of carbonyl (C=O) groups excluding carboxylic acids is 2. The van der Waals surface area contributed by atoms with E-state index in [9.17, 15) is 9.59 Å². The summed E-state index contributed by atoms with van der Waals surface area (Å²) in [6, 6.07) is -0.226.